The van der Waals surface area contributed by atoms with Crippen LogP contribution in [0.15, 0.2) is 30.5 Å². The van der Waals surface area contributed by atoms with Crippen molar-refractivity contribution in [1.29, 1.82) is 0 Å². The zero-order valence-corrected chi connectivity index (χ0v) is 10.8. The first-order chi connectivity index (χ1) is 8.69. The van der Waals surface area contributed by atoms with Crippen LogP contribution in [0.1, 0.15) is 24.6 Å². The molecule has 0 aliphatic rings. The molecule has 1 N–H and O–H groups in total. The zero-order chi connectivity index (χ0) is 13.0. The molecule has 1 aromatic carbocycles. The van der Waals surface area contributed by atoms with Crippen molar-refractivity contribution in [1.82, 2.24) is 9.55 Å². The lowest BCUT2D eigenvalue weighted by Crippen LogP contribution is -2.07. The standard InChI is InChI=1S/C14H18FN3/c1-3-7-18-10-11(2)17-14(18)16-9-12-5-4-6-13(15)8-12/h4-6,8,10H,3,7,9H2,1-2H3,(H,16,17). The molecule has 96 valence electrons. The predicted octanol–water partition coefficient (Wildman–Crippen LogP) is 3.35. The number of nitrogens with zero attached hydrogens (tertiary/aromatic N) is 2. The molecule has 0 amide bonds. The molecule has 2 aromatic rings. The van der Waals surface area contributed by atoms with Crippen LogP contribution in [0, 0.1) is 12.7 Å². The number of benzene rings is 1. The summed E-state index contributed by atoms with van der Waals surface area (Å²) in [6.07, 6.45) is 3.09. The summed E-state index contributed by atoms with van der Waals surface area (Å²) >= 11 is 0. The Bertz CT molecular complexity index is 520. The van der Waals surface area contributed by atoms with Crippen LogP contribution in [0.5, 0.6) is 0 Å². The Morgan fingerprint density at radius 3 is 2.94 bits per heavy atom. The van der Waals surface area contributed by atoms with Crippen molar-refractivity contribution in [2.75, 3.05) is 5.32 Å². The van der Waals surface area contributed by atoms with Gasteiger partial charge in [0.15, 0.2) is 0 Å². The van der Waals surface area contributed by atoms with Gasteiger partial charge in [-0.25, -0.2) is 9.37 Å². The maximum absolute atomic E-state index is 13.0. The van der Waals surface area contributed by atoms with Crippen LogP contribution in [-0.4, -0.2) is 9.55 Å². The quantitative estimate of drug-likeness (QED) is 0.878. The second-order valence-corrected chi connectivity index (χ2v) is 4.38. The lowest BCUT2D eigenvalue weighted by Gasteiger charge is -2.08. The SMILES string of the molecule is CCCn1cc(C)nc1NCc1cccc(F)c1. The number of hydrogen-bond donors (Lipinski definition) is 1. The van der Waals surface area contributed by atoms with Gasteiger partial charge in [-0.2, -0.15) is 0 Å². The summed E-state index contributed by atoms with van der Waals surface area (Å²) in [5.74, 6) is 0.640. The third-order valence-corrected chi connectivity index (χ3v) is 2.70. The van der Waals surface area contributed by atoms with E-state index in [0.717, 1.165) is 30.2 Å². The molecule has 0 radical (unpaired) electrons. The summed E-state index contributed by atoms with van der Waals surface area (Å²) in [7, 11) is 0. The summed E-state index contributed by atoms with van der Waals surface area (Å²) in [5, 5.41) is 3.25. The van der Waals surface area contributed by atoms with Crippen LogP contribution in [0.2, 0.25) is 0 Å². The molecule has 0 saturated carbocycles. The number of hydrogen-bond acceptors (Lipinski definition) is 2. The van der Waals surface area contributed by atoms with Crippen molar-refractivity contribution in [2.24, 2.45) is 0 Å². The van der Waals surface area contributed by atoms with E-state index in [1.54, 1.807) is 6.07 Å². The van der Waals surface area contributed by atoms with E-state index in [1.165, 1.54) is 12.1 Å². The highest BCUT2D eigenvalue weighted by Crippen LogP contribution is 2.11. The molecule has 0 bridgehead atoms. The van der Waals surface area contributed by atoms with E-state index in [4.69, 9.17) is 0 Å². The highest BCUT2D eigenvalue weighted by molar-refractivity contribution is 5.31. The van der Waals surface area contributed by atoms with E-state index in [-0.39, 0.29) is 5.82 Å². The molecule has 0 saturated heterocycles. The van der Waals surface area contributed by atoms with Crippen LogP contribution >= 0.6 is 0 Å². The fourth-order valence-electron chi connectivity index (χ4n) is 1.93. The number of rotatable bonds is 5. The second kappa shape index (κ2) is 5.67. The second-order valence-electron chi connectivity index (χ2n) is 4.38. The predicted molar refractivity (Wildman–Crippen MR) is 71.0 cm³/mol. The highest BCUT2D eigenvalue weighted by atomic mass is 19.1. The molecule has 3 nitrogen and oxygen atoms in total. The molecule has 2 rings (SSSR count). The van der Waals surface area contributed by atoms with Gasteiger partial charge in [-0.3, -0.25) is 0 Å². The molecule has 4 heteroatoms. The largest absolute Gasteiger partial charge is 0.352 e. The molecule has 1 aromatic heterocycles. The van der Waals surface area contributed by atoms with Gasteiger partial charge in [0.05, 0.1) is 5.69 Å². The Morgan fingerprint density at radius 1 is 1.39 bits per heavy atom. The third kappa shape index (κ3) is 3.09. The van der Waals surface area contributed by atoms with E-state index in [1.807, 2.05) is 19.2 Å². The van der Waals surface area contributed by atoms with Crippen LogP contribution in [-0.2, 0) is 13.1 Å². The molecule has 0 spiro atoms. The lowest BCUT2D eigenvalue weighted by molar-refractivity contribution is 0.625. The van der Waals surface area contributed by atoms with E-state index >= 15 is 0 Å². The Hall–Kier alpha value is -1.84. The molecule has 18 heavy (non-hydrogen) atoms. The molecule has 0 fully saturated rings. The van der Waals surface area contributed by atoms with Crippen molar-refractivity contribution in [3.8, 4) is 0 Å². The summed E-state index contributed by atoms with van der Waals surface area (Å²) in [5.41, 5.74) is 1.91. The molecule has 0 atom stereocenters. The van der Waals surface area contributed by atoms with Crippen molar-refractivity contribution >= 4 is 5.95 Å². The average molecular weight is 247 g/mol. The van der Waals surface area contributed by atoms with Crippen molar-refractivity contribution < 1.29 is 4.39 Å². The number of aryl methyl sites for hydroxylation is 2. The van der Waals surface area contributed by atoms with Crippen LogP contribution in [0.25, 0.3) is 0 Å². The van der Waals surface area contributed by atoms with Gasteiger partial charge in [0.2, 0.25) is 5.95 Å². The maximum atomic E-state index is 13.0. The van der Waals surface area contributed by atoms with E-state index in [2.05, 4.69) is 21.8 Å². The van der Waals surface area contributed by atoms with Gasteiger partial charge in [-0.1, -0.05) is 19.1 Å². The minimum atomic E-state index is -0.206. The number of imidazole rings is 1. The van der Waals surface area contributed by atoms with Gasteiger partial charge in [0.25, 0.3) is 0 Å². The topological polar surface area (TPSA) is 29.9 Å². The fourth-order valence-corrected chi connectivity index (χ4v) is 1.93. The number of aromatic nitrogens is 2. The third-order valence-electron chi connectivity index (χ3n) is 2.70. The Labute approximate surface area is 107 Å². The summed E-state index contributed by atoms with van der Waals surface area (Å²) in [6, 6.07) is 6.60. The lowest BCUT2D eigenvalue weighted by atomic mass is 10.2. The van der Waals surface area contributed by atoms with Gasteiger partial charge in [0.1, 0.15) is 5.82 Å². The molecule has 1 heterocycles. The summed E-state index contributed by atoms with van der Waals surface area (Å²) in [6.45, 7) is 5.62. The van der Waals surface area contributed by atoms with E-state index < -0.39 is 0 Å². The fraction of sp³-hybridized carbons (Fsp3) is 0.357. The molecule has 0 aliphatic heterocycles. The number of nitrogens with one attached hydrogen (secondary N) is 1. The van der Waals surface area contributed by atoms with Crippen molar-refractivity contribution in [3.63, 3.8) is 0 Å². The Kier molecular flexibility index (Phi) is 3.97. The smallest absolute Gasteiger partial charge is 0.203 e. The van der Waals surface area contributed by atoms with Gasteiger partial charge >= 0.3 is 0 Å². The summed E-state index contributed by atoms with van der Waals surface area (Å²) in [4.78, 5) is 4.42. The van der Waals surface area contributed by atoms with E-state index in [9.17, 15) is 4.39 Å². The first-order valence-corrected chi connectivity index (χ1v) is 6.21. The Morgan fingerprint density at radius 2 is 2.22 bits per heavy atom. The van der Waals surface area contributed by atoms with Gasteiger partial charge in [-0.15, -0.1) is 0 Å². The van der Waals surface area contributed by atoms with Crippen LogP contribution < -0.4 is 5.32 Å². The van der Waals surface area contributed by atoms with Crippen molar-refractivity contribution in [2.45, 2.75) is 33.4 Å². The number of halogens is 1. The molecular weight excluding hydrogens is 229 g/mol. The summed E-state index contributed by atoms with van der Waals surface area (Å²) < 4.78 is 15.1. The molecular formula is C14H18FN3. The van der Waals surface area contributed by atoms with Gasteiger partial charge < -0.3 is 9.88 Å². The van der Waals surface area contributed by atoms with Gasteiger partial charge in [0, 0.05) is 19.3 Å². The van der Waals surface area contributed by atoms with Crippen LogP contribution in [0.4, 0.5) is 10.3 Å². The van der Waals surface area contributed by atoms with Crippen LogP contribution in [0.3, 0.4) is 0 Å². The normalized spacial score (nSPS) is 10.6. The molecule has 0 unspecified atom stereocenters. The van der Waals surface area contributed by atoms with Gasteiger partial charge in [-0.05, 0) is 31.0 Å². The minimum Gasteiger partial charge on any atom is -0.352 e. The number of anilines is 1. The Balaban J connectivity index is 2.05. The van der Waals surface area contributed by atoms with E-state index in [0.29, 0.717) is 6.54 Å². The average Bonchev–Trinajstić information content (AvgIpc) is 2.68. The highest BCUT2D eigenvalue weighted by Gasteiger charge is 2.04. The zero-order valence-electron chi connectivity index (χ0n) is 10.8. The first-order valence-electron chi connectivity index (χ1n) is 6.21. The first kappa shape index (κ1) is 12.6. The minimum absolute atomic E-state index is 0.206. The maximum Gasteiger partial charge on any atom is 0.203 e. The monoisotopic (exact) mass is 247 g/mol. The molecule has 0 aliphatic carbocycles. The van der Waals surface area contributed by atoms with Crippen molar-refractivity contribution in [3.05, 3.63) is 47.5 Å².